The first-order valence-corrected chi connectivity index (χ1v) is 16.7. The number of allylic oxidation sites excluding steroid dienone is 3. The smallest absolute Gasteiger partial charge is 0.134 e. The van der Waals surface area contributed by atoms with Gasteiger partial charge in [0.1, 0.15) is 12.9 Å². The summed E-state index contributed by atoms with van der Waals surface area (Å²) in [5.41, 5.74) is 2.48. The predicted octanol–water partition coefficient (Wildman–Crippen LogP) is 11.5. The normalized spacial score (nSPS) is 15.4. The molecule has 0 N–H and O–H groups in total. The minimum atomic E-state index is -0.0360. The van der Waals surface area contributed by atoms with E-state index in [1.807, 2.05) is 0 Å². The Kier molecular flexibility index (Phi) is 15.7. The van der Waals surface area contributed by atoms with Crippen molar-refractivity contribution in [2.75, 3.05) is 13.2 Å². The predicted molar refractivity (Wildman–Crippen MR) is 172 cm³/mol. The van der Waals surface area contributed by atoms with Crippen LogP contribution in [0.1, 0.15) is 103 Å². The van der Waals surface area contributed by atoms with Crippen LogP contribution in [0.15, 0.2) is 39.0 Å². The van der Waals surface area contributed by atoms with Crippen LogP contribution < -0.4 is 4.74 Å². The molecule has 6 heteroatoms. The Balaban J connectivity index is 1.99. The Morgan fingerprint density at radius 2 is 1.35 bits per heavy atom. The number of benzene rings is 1. The highest BCUT2D eigenvalue weighted by Crippen LogP contribution is 2.51. The van der Waals surface area contributed by atoms with E-state index in [1.54, 1.807) is 0 Å². The Labute approximate surface area is 252 Å². The average Bonchev–Trinajstić information content (AvgIpc) is 2.80. The van der Waals surface area contributed by atoms with E-state index in [4.69, 9.17) is 9.47 Å². The van der Waals surface area contributed by atoms with E-state index in [0.717, 1.165) is 52.9 Å². The van der Waals surface area contributed by atoms with E-state index in [1.165, 1.54) is 75.3 Å². The van der Waals surface area contributed by atoms with Gasteiger partial charge < -0.3 is 9.47 Å². The molecule has 1 aromatic carbocycles. The zero-order valence-electron chi connectivity index (χ0n) is 20.7. The zero-order valence-corrected chi connectivity index (χ0v) is 28.2. The first kappa shape index (κ1) is 30.9. The molecular weight excluding hydrogens is 782 g/mol. The van der Waals surface area contributed by atoms with Crippen LogP contribution in [0.4, 0.5) is 0 Å². The van der Waals surface area contributed by atoms with Gasteiger partial charge in [-0.05, 0) is 58.1 Å². The molecule has 0 bridgehead atoms. The lowest BCUT2D eigenvalue weighted by Gasteiger charge is -2.30. The fourth-order valence-electron chi connectivity index (χ4n) is 4.02. The summed E-state index contributed by atoms with van der Waals surface area (Å²) in [6.45, 7) is 6.07. The highest BCUT2D eigenvalue weighted by Gasteiger charge is 2.35. The fourth-order valence-corrected chi connectivity index (χ4v) is 7.77. The highest BCUT2D eigenvalue weighted by molar-refractivity contribution is 14.2. The molecule has 0 saturated heterocycles. The van der Waals surface area contributed by atoms with Crippen molar-refractivity contribution in [3.8, 4) is 5.75 Å². The number of hydrogen-bond donors (Lipinski definition) is 0. The third-order valence-electron chi connectivity index (χ3n) is 6.07. The molecule has 0 spiro atoms. The van der Waals surface area contributed by atoms with Crippen LogP contribution >= 0.6 is 77.0 Å². The summed E-state index contributed by atoms with van der Waals surface area (Å²) in [6, 6.07) is 6.48. The number of hydrogen-bond acceptors (Lipinski definition) is 2. The van der Waals surface area contributed by atoms with Crippen molar-refractivity contribution in [2.24, 2.45) is 0 Å². The minimum Gasteiger partial charge on any atom is -0.493 e. The van der Waals surface area contributed by atoms with Crippen molar-refractivity contribution in [2.45, 2.75) is 98.7 Å². The molecule has 0 saturated carbocycles. The van der Waals surface area contributed by atoms with Crippen molar-refractivity contribution >= 4 is 82.6 Å². The van der Waals surface area contributed by atoms with Crippen molar-refractivity contribution in [3.05, 3.63) is 44.6 Å². The number of unbranched alkanes of at least 4 members (excludes halogenated alkanes) is 10. The first-order valence-electron chi connectivity index (χ1n) is 12.9. The third-order valence-corrected chi connectivity index (χ3v) is 9.32. The lowest BCUT2D eigenvalue weighted by molar-refractivity contribution is 0.214. The van der Waals surface area contributed by atoms with Gasteiger partial charge in [0.25, 0.3) is 0 Å². The van der Waals surface area contributed by atoms with Gasteiger partial charge >= 0.3 is 0 Å². The first-order chi connectivity index (χ1) is 16.4. The maximum Gasteiger partial charge on any atom is 0.134 e. The van der Waals surface area contributed by atoms with Crippen LogP contribution in [0.3, 0.4) is 0 Å². The minimum absolute atomic E-state index is 0.0360. The standard InChI is InChI=1S/C28H40Br2I2O2/c1-3-5-7-9-11-13-17-33-26-19-22(15-16-24(26)29)23-20-27(25(30)21-28(23,31)32)34-18-14-12-10-8-6-4-2/h15-16,19-20H,3-14,17-18,21H2,1-2H3. The second kappa shape index (κ2) is 17.3. The molecular formula is C28H40Br2I2O2. The van der Waals surface area contributed by atoms with Crippen molar-refractivity contribution in [1.29, 1.82) is 0 Å². The Morgan fingerprint density at radius 3 is 1.97 bits per heavy atom. The van der Waals surface area contributed by atoms with Crippen molar-refractivity contribution < 1.29 is 9.47 Å². The van der Waals surface area contributed by atoms with Crippen LogP contribution in [-0.4, -0.2) is 14.6 Å². The molecule has 1 aromatic rings. The average molecular weight is 822 g/mol. The summed E-state index contributed by atoms with van der Waals surface area (Å²) >= 11 is 12.6. The van der Waals surface area contributed by atoms with Gasteiger partial charge in [-0.25, -0.2) is 0 Å². The molecule has 1 aliphatic carbocycles. The number of alkyl halides is 2. The van der Waals surface area contributed by atoms with Gasteiger partial charge in [0.15, 0.2) is 0 Å². The van der Waals surface area contributed by atoms with Crippen LogP contribution in [0, 0.1) is 0 Å². The summed E-state index contributed by atoms with van der Waals surface area (Å²) in [4.78, 5) is 0. The van der Waals surface area contributed by atoms with Crippen LogP contribution in [0.2, 0.25) is 0 Å². The van der Waals surface area contributed by atoms with Gasteiger partial charge in [0.05, 0.1) is 17.7 Å². The second-order valence-electron chi connectivity index (χ2n) is 9.09. The molecule has 0 unspecified atom stereocenters. The molecule has 1 aliphatic rings. The lowest BCUT2D eigenvalue weighted by Crippen LogP contribution is -2.19. The van der Waals surface area contributed by atoms with E-state index < -0.39 is 0 Å². The number of halogens is 4. The second-order valence-corrected chi connectivity index (χ2v) is 16.6. The molecule has 0 fully saturated rings. The largest absolute Gasteiger partial charge is 0.493 e. The molecule has 0 aromatic heterocycles. The molecule has 2 nitrogen and oxygen atoms in total. The Morgan fingerprint density at radius 1 is 0.794 bits per heavy atom. The van der Waals surface area contributed by atoms with Gasteiger partial charge in [-0.3, -0.25) is 0 Å². The van der Waals surface area contributed by atoms with Gasteiger partial charge in [0.2, 0.25) is 0 Å². The number of rotatable bonds is 17. The van der Waals surface area contributed by atoms with Crippen molar-refractivity contribution in [1.82, 2.24) is 0 Å². The Hall–Kier alpha value is 0.720. The highest BCUT2D eigenvalue weighted by atomic mass is 127. The van der Waals surface area contributed by atoms with E-state index in [9.17, 15) is 0 Å². The summed E-state index contributed by atoms with van der Waals surface area (Å²) < 4.78 is 14.5. The summed E-state index contributed by atoms with van der Waals surface area (Å²) in [5.74, 6) is 1.91. The van der Waals surface area contributed by atoms with Crippen LogP contribution in [0.5, 0.6) is 5.75 Å². The summed E-state index contributed by atoms with van der Waals surface area (Å²) in [6.07, 6.45) is 18.4. The molecule has 0 atom stereocenters. The topological polar surface area (TPSA) is 18.5 Å². The summed E-state index contributed by atoms with van der Waals surface area (Å²) in [7, 11) is 0. The fraction of sp³-hybridized carbons (Fsp3) is 0.643. The van der Waals surface area contributed by atoms with Crippen LogP contribution in [-0.2, 0) is 4.74 Å². The zero-order chi connectivity index (χ0) is 24.8. The van der Waals surface area contributed by atoms with Gasteiger partial charge in [-0.2, -0.15) is 0 Å². The Bertz CT molecular complexity index is 806. The molecule has 0 aliphatic heterocycles. The third kappa shape index (κ3) is 11.0. The molecule has 34 heavy (non-hydrogen) atoms. The maximum absolute atomic E-state index is 6.23. The van der Waals surface area contributed by atoms with E-state index in [0.29, 0.717) is 0 Å². The van der Waals surface area contributed by atoms with Gasteiger partial charge in [-0.15, -0.1) is 0 Å². The SMILES string of the molecule is CCCCCCCCOC1=C(Br)CC(I)(I)C(c2ccc(Br)c(OCCCCCCCC)c2)=C1. The molecule has 192 valence electrons. The van der Waals surface area contributed by atoms with Crippen molar-refractivity contribution in [3.63, 3.8) is 0 Å². The summed E-state index contributed by atoms with van der Waals surface area (Å²) in [5, 5.41) is 0. The molecule has 0 heterocycles. The van der Waals surface area contributed by atoms with Gasteiger partial charge in [0, 0.05) is 10.9 Å². The maximum atomic E-state index is 6.23. The number of ether oxygens (including phenoxy) is 2. The van der Waals surface area contributed by atoms with E-state index in [2.05, 4.69) is 115 Å². The molecule has 0 radical (unpaired) electrons. The molecule has 2 rings (SSSR count). The lowest BCUT2D eigenvalue weighted by atomic mass is 9.96. The van der Waals surface area contributed by atoms with Crippen LogP contribution in [0.25, 0.3) is 5.57 Å². The monoisotopic (exact) mass is 820 g/mol. The quantitative estimate of drug-likeness (QED) is 0.0885. The van der Waals surface area contributed by atoms with E-state index >= 15 is 0 Å². The van der Waals surface area contributed by atoms with Gasteiger partial charge in [-0.1, -0.05) is 145 Å². The molecule has 0 amide bonds. The van der Waals surface area contributed by atoms with E-state index in [-0.39, 0.29) is 1.43 Å².